The summed E-state index contributed by atoms with van der Waals surface area (Å²) in [5.74, 6) is 0.480. The Hall–Kier alpha value is -1.20. The van der Waals surface area contributed by atoms with Gasteiger partial charge in [0.25, 0.3) is 0 Å². The molecular weight excluding hydrogens is 194 g/mol. The Morgan fingerprint density at radius 1 is 1.33 bits per heavy atom. The van der Waals surface area contributed by atoms with Gasteiger partial charge in [-0.05, 0) is 13.3 Å². The third-order valence-corrected chi connectivity index (χ3v) is 2.22. The quantitative estimate of drug-likeness (QED) is 0.783. The lowest BCUT2D eigenvalue weighted by Gasteiger charge is -2.16. The molecule has 2 unspecified atom stereocenters. The minimum Gasteiger partial charge on any atom is -0.480 e. The standard InChI is InChI=1S/C10H17N3O2/c1-7(14-2)6-8(11)9-10(15-3)13-5-4-12-9/h4-5,7-8H,6,11H2,1-3H3. The fourth-order valence-electron chi connectivity index (χ4n) is 1.31. The van der Waals surface area contributed by atoms with Gasteiger partial charge in [-0.25, -0.2) is 4.98 Å². The summed E-state index contributed by atoms with van der Waals surface area (Å²) in [7, 11) is 3.21. The van der Waals surface area contributed by atoms with Gasteiger partial charge in [0.15, 0.2) is 0 Å². The third-order valence-electron chi connectivity index (χ3n) is 2.22. The van der Waals surface area contributed by atoms with Crippen LogP contribution in [0.15, 0.2) is 12.4 Å². The Balaban J connectivity index is 2.76. The molecule has 84 valence electrons. The maximum atomic E-state index is 5.99. The Morgan fingerprint density at radius 3 is 2.60 bits per heavy atom. The average molecular weight is 211 g/mol. The summed E-state index contributed by atoms with van der Waals surface area (Å²) in [6, 6.07) is -0.219. The Labute approximate surface area is 89.6 Å². The van der Waals surface area contributed by atoms with Gasteiger partial charge in [-0.3, -0.25) is 4.98 Å². The van der Waals surface area contributed by atoms with E-state index in [4.69, 9.17) is 15.2 Å². The summed E-state index contributed by atoms with van der Waals surface area (Å²) >= 11 is 0. The average Bonchev–Trinajstić information content (AvgIpc) is 2.28. The second-order valence-corrected chi connectivity index (χ2v) is 3.34. The molecule has 0 aliphatic heterocycles. The first kappa shape index (κ1) is 11.9. The molecule has 0 saturated heterocycles. The summed E-state index contributed by atoms with van der Waals surface area (Å²) in [4.78, 5) is 8.21. The van der Waals surface area contributed by atoms with Crippen LogP contribution in [0.5, 0.6) is 5.88 Å². The topological polar surface area (TPSA) is 70.3 Å². The van der Waals surface area contributed by atoms with Crippen LogP contribution < -0.4 is 10.5 Å². The number of nitrogens with two attached hydrogens (primary N) is 1. The lowest BCUT2D eigenvalue weighted by molar-refractivity contribution is 0.104. The van der Waals surface area contributed by atoms with Gasteiger partial charge in [-0.15, -0.1) is 0 Å². The smallest absolute Gasteiger partial charge is 0.236 e. The molecule has 0 bridgehead atoms. The van der Waals surface area contributed by atoms with Crippen molar-refractivity contribution in [3.8, 4) is 5.88 Å². The van der Waals surface area contributed by atoms with E-state index in [1.807, 2.05) is 6.92 Å². The molecule has 0 spiro atoms. The molecule has 0 radical (unpaired) electrons. The zero-order valence-corrected chi connectivity index (χ0v) is 9.30. The van der Waals surface area contributed by atoms with Gasteiger partial charge >= 0.3 is 0 Å². The first-order chi connectivity index (χ1) is 7.19. The highest BCUT2D eigenvalue weighted by Crippen LogP contribution is 2.21. The van der Waals surface area contributed by atoms with E-state index in [9.17, 15) is 0 Å². The number of aromatic nitrogens is 2. The number of rotatable bonds is 5. The minimum absolute atomic E-state index is 0.0895. The lowest BCUT2D eigenvalue weighted by atomic mass is 10.1. The van der Waals surface area contributed by atoms with E-state index < -0.39 is 0 Å². The first-order valence-electron chi connectivity index (χ1n) is 4.82. The van der Waals surface area contributed by atoms with Crippen LogP contribution in [0.1, 0.15) is 25.1 Å². The fourth-order valence-corrected chi connectivity index (χ4v) is 1.31. The van der Waals surface area contributed by atoms with E-state index in [0.29, 0.717) is 18.0 Å². The molecular formula is C10H17N3O2. The molecule has 2 N–H and O–H groups in total. The molecule has 0 fully saturated rings. The molecule has 5 heteroatoms. The maximum Gasteiger partial charge on any atom is 0.236 e. The van der Waals surface area contributed by atoms with Crippen molar-refractivity contribution in [3.05, 3.63) is 18.1 Å². The number of hydrogen-bond donors (Lipinski definition) is 1. The lowest BCUT2D eigenvalue weighted by Crippen LogP contribution is -2.20. The van der Waals surface area contributed by atoms with Crippen LogP contribution >= 0.6 is 0 Å². The van der Waals surface area contributed by atoms with E-state index >= 15 is 0 Å². The van der Waals surface area contributed by atoms with Crippen LogP contribution in [0.2, 0.25) is 0 Å². The number of nitrogens with zero attached hydrogens (tertiary/aromatic N) is 2. The van der Waals surface area contributed by atoms with Gasteiger partial charge in [-0.2, -0.15) is 0 Å². The first-order valence-corrected chi connectivity index (χ1v) is 4.82. The number of ether oxygens (including phenoxy) is 2. The highest BCUT2D eigenvalue weighted by atomic mass is 16.5. The van der Waals surface area contributed by atoms with E-state index in [-0.39, 0.29) is 12.1 Å². The molecule has 0 aromatic carbocycles. The monoisotopic (exact) mass is 211 g/mol. The molecule has 0 aliphatic rings. The van der Waals surface area contributed by atoms with Gasteiger partial charge in [0.05, 0.1) is 19.3 Å². The Bertz CT molecular complexity index is 306. The summed E-state index contributed by atoms with van der Waals surface area (Å²) in [5.41, 5.74) is 6.66. The van der Waals surface area contributed by atoms with Crippen molar-refractivity contribution < 1.29 is 9.47 Å². The third kappa shape index (κ3) is 3.14. The predicted octanol–water partition coefficient (Wildman–Crippen LogP) is 0.910. The molecule has 1 rings (SSSR count). The molecule has 15 heavy (non-hydrogen) atoms. The van der Waals surface area contributed by atoms with Crippen LogP contribution in [-0.4, -0.2) is 30.3 Å². The van der Waals surface area contributed by atoms with Crippen LogP contribution in [0.3, 0.4) is 0 Å². The van der Waals surface area contributed by atoms with Crippen molar-refractivity contribution in [1.82, 2.24) is 9.97 Å². The second kappa shape index (κ2) is 5.63. The molecule has 1 heterocycles. The van der Waals surface area contributed by atoms with Crippen molar-refractivity contribution in [2.45, 2.75) is 25.5 Å². The van der Waals surface area contributed by atoms with E-state index in [1.54, 1.807) is 26.6 Å². The van der Waals surface area contributed by atoms with Crippen molar-refractivity contribution in [2.24, 2.45) is 5.73 Å². The highest BCUT2D eigenvalue weighted by molar-refractivity contribution is 5.20. The molecule has 5 nitrogen and oxygen atoms in total. The van der Waals surface area contributed by atoms with Crippen molar-refractivity contribution in [1.29, 1.82) is 0 Å². The zero-order chi connectivity index (χ0) is 11.3. The van der Waals surface area contributed by atoms with Crippen molar-refractivity contribution in [3.63, 3.8) is 0 Å². The SMILES string of the molecule is COc1nccnc1C(N)CC(C)OC. The molecule has 0 amide bonds. The van der Waals surface area contributed by atoms with Crippen molar-refractivity contribution in [2.75, 3.05) is 14.2 Å². The van der Waals surface area contributed by atoms with E-state index in [2.05, 4.69) is 9.97 Å². The van der Waals surface area contributed by atoms with E-state index in [0.717, 1.165) is 0 Å². The second-order valence-electron chi connectivity index (χ2n) is 3.34. The van der Waals surface area contributed by atoms with Gasteiger partial charge in [0.1, 0.15) is 5.69 Å². The summed E-state index contributed by atoms with van der Waals surface area (Å²) in [6.45, 7) is 1.96. The van der Waals surface area contributed by atoms with E-state index in [1.165, 1.54) is 0 Å². The minimum atomic E-state index is -0.219. The summed E-state index contributed by atoms with van der Waals surface area (Å²) in [5, 5.41) is 0. The maximum absolute atomic E-state index is 5.99. The van der Waals surface area contributed by atoms with Crippen LogP contribution in [0, 0.1) is 0 Å². The Kier molecular flexibility index (Phi) is 4.45. The van der Waals surface area contributed by atoms with Gasteiger partial charge in [0.2, 0.25) is 5.88 Å². The molecule has 1 aromatic rings. The molecule has 0 saturated carbocycles. The van der Waals surface area contributed by atoms with Crippen LogP contribution in [-0.2, 0) is 4.74 Å². The van der Waals surface area contributed by atoms with Gasteiger partial charge in [-0.1, -0.05) is 0 Å². The molecule has 0 aliphatic carbocycles. The normalized spacial score (nSPS) is 14.7. The number of methoxy groups -OCH3 is 2. The van der Waals surface area contributed by atoms with Gasteiger partial charge in [0, 0.05) is 19.5 Å². The largest absolute Gasteiger partial charge is 0.480 e. The van der Waals surface area contributed by atoms with Crippen molar-refractivity contribution >= 4 is 0 Å². The summed E-state index contributed by atoms with van der Waals surface area (Å²) in [6.07, 6.45) is 3.96. The van der Waals surface area contributed by atoms with Crippen LogP contribution in [0.4, 0.5) is 0 Å². The van der Waals surface area contributed by atoms with Gasteiger partial charge < -0.3 is 15.2 Å². The highest BCUT2D eigenvalue weighted by Gasteiger charge is 2.16. The molecule has 1 aromatic heterocycles. The molecule has 2 atom stereocenters. The zero-order valence-electron chi connectivity index (χ0n) is 9.30. The fraction of sp³-hybridized carbons (Fsp3) is 0.600. The predicted molar refractivity (Wildman–Crippen MR) is 56.6 cm³/mol. The summed E-state index contributed by atoms with van der Waals surface area (Å²) < 4.78 is 10.2. The number of hydrogen-bond acceptors (Lipinski definition) is 5. The Morgan fingerprint density at radius 2 is 2.00 bits per heavy atom. The van der Waals surface area contributed by atoms with Crippen LogP contribution in [0.25, 0.3) is 0 Å².